The normalized spacial score (nSPS) is 16.7. The van der Waals surface area contributed by atoms with Gasteiger partial charge in [-0.3, -0.25) is 9.59 Å². The molecule has 3 N–H and O–H groups in total. The number of nitrogens with zero attached hydrogens (tertiary/aromatic N) is 1. The lowest BCUT2D eigenvalue weighted by Crippen LogP contribution is -2.14. The van der Waals surface area contributed by atoms with Gasteiger partial charge in [0.2, 0.25) is 5.91 Å². The Balaban J connectivity index is 1.12. The first-order chi connectivity index (χ1) is 17.1. The third kappa shape index (κ3) is 4.46. The number of hydrogen-bond donors (Lipinski definition) is 3. The summed E-state index contributed by atoms with van der Waals surface area (Å²) in [6.07, 6.45) is 0.892. The highest BCUT2D eigenvalue weighted by Crippen LogP contribution is 2.47. The summed E-state index contributed by atoms with van der Waals surface area (Å²) >= 11 is 1.41. The number of anilines is 2. The maximum Gasteiger partial charge on any atom is 0.265 e. The summed E-state index contributed by atoms with van der Waals surface area (Å²) in [5, 5.41) is 7.84. The summed E-state index contributed by atoms with van der Waals surface area (Å²) in [7, 11) is 0. The lowest BCUT2D eigenvalue weighted by atomic mass is 10.1. The minimum atomic E-state index is -0.127. The van der Waals surface area contributed by atoms with Crippen LogP contribution >= 0.6 is 11.3 Å². The molecule has 3 aromatic carbocycles. The molecule has 0 spiro atoms. The molecule has 6 nitrogen and oxygen atoms in total. The van der Waals surface area contributed by atoms with Crippen LogP contribution in [0.2, 0.25) is 0 Å². The molecule has 35 heavy (non-hydrogen) atoms. The van der Waals surface area contributed by atoms with E-state index >= 15 is 0 Å². The average molecular weight is 479 g/mol. The van der Waals surface area contributed by atoms with Crippen molar-refractivity contribution in [3.05, 3.63) is 101 Å². The maximum atomic E-state index is 12.7. The summed E-state index contributed by atoms with van der Waals surface area (Å²) in [6.45, 7) is 0. The molecule has 1 fully saturated rings. The molecule has 5 aromatic rings. The maximum absolute atomic E-state index is 12.7. The van der Waals surface area contributed by atoms with Crippen LogP contribution in [-0.4, -0.2) is 21.8 Å². The molecule has 1 aliphatic rings. The highest BCUT2D eigenvalue weighted by Gasteiger charge is 2.43. The second-order valence-electron chi connectivity index (χ2n) is 8.67. The third-order valence-electron chi connectivity index (χ3n) is 6.27. The van der Waals surface area contributed by atoms with Crippen molar-refractivity contribution in [3.8, 4) is 11.4 Å². The van der Waals surface area contributed by atoms with Crippen LogP contribution < -0.4 is 10.6 Å². The van der Waals surface area contributed by atoms with E-state index in [2.05, 4.69) is 32.7 Å². The fourth-order valence-electron chi connectivity index (χ4n) is 4.32. The van der Waals surface area contributed by atoms with Crippen LogP contribution in [0.25, 0.3) is 22.4 Å². The second-order valence-corrected chi connectivity index (χ2v) is 9.62. The van der Waals surface area contributed by atoms with Gasteiger partial charge in [-0.15, -0.1) is 11.3 Å². The molecule has 2 amide bonds. The molecule has 1 saturated carbocycles. The van der Waals surface area contributed by atoms with Gasteiger partial charge in [0.15, 0.2) is 0 Å². The number of rotatable bonds is 6. The van der Waals surface area contributed by atoms with E-state index in [1.165, 1.54) is 16.9 Å². The molecule has 2 atom stereocenters. The number of carbonyl (C=O) groups is 2. The number of aromatic nitrogens is 2. The lowest BCUT2D eigenvalue weighted by molar-refractivity contribution is -0.117. The van der Waals surface area contributed by atoms with Crippen molar-refractivity contribution in [3.63, 3.8) is 0 Å². The Morgan fingerprint density at radius 2 is 1.69 bits per heavy atom. The fraction of sp³-hybridized carbons (Fsp3) is 0.107. The van der Waals surface area contributed by atoms with Gasteiger partial charge in [0.25, 0.3) is 5.91 Å². The number of thiophene rings is 1. The summed E-state index contributed by atoms with van der Waals surface area (Å²) < 4.78 is 0. The molecule has 2 heterocycles. The Bertz CT molecular complexity index is 1510. The topological polar surface area (TPSA) is 86.9 Å². The number of hydrogen-bond acceptors (Lipinski definition) is 4. The summed E-state index contributed by atoms with van der Waals surface area (Å²) in [4.78, 5) is 33.6. The van der Waals surface area contributed by atoms with Crippen LogP contribution in [-0.2, 0) is 4.79 Å². The van der Waals surface area contributed by atoms with Crippen LogP contribution in [0.5, 0.6) is 0 Å². The van der Waals surface area contributed by atoms with Crippen molar-refractivity contribution in [1.29, 1.82) is 0 Å². The zero-order chi connectivity index (χ0) is 23.8. The molecule has 7 heteroatoms. The number of amides is 2. The first-order valence-electron chi connectivity index (χ1n) is 11.4. The Kier molecular flexibility index (Phi) is 5.39. The van der Waals surface area contributed by atoms with Gasteiger partial charge in [-0.25, -0.2) is 4.98 Å². The van der Waals surface area contributed by atoms with Crippen molar-refractivity contribution in [2.45, 2.75) is 12.3 Å². The summed E-state index contributed by atoms with van der Waals surface area (Å²) in [5.74, 6) is 1.00. The van der Waals surface area contributed by atoms with Crippen LogP contribution in [0, 0.1) is 5.92 Å². The van der Waals surface area contributed by atoms with Crippen molar-refractivity contribution < 1.29 is 9.59 Å². The lowest BCUT2D eigenvalue weighted by Gasteiger charge is -2.06. The molecule has 172 valence electrons. The highest BCUT2D eigenvalue weighted by molar-refractivity contribution is 7.12. The van der Waals surface area contributed by atoms with Crippen molar-refractivity contribution in [2.24, 2.45) is 5.92 Å². The average Bonchev–Trinajstić information content (AvgIpc) is 3.28. The number of nitrogens with one attached hydrogen (secondary N) is 3. The van der Waals surface area contributed by atoms with Crippen LogP contribution in [0.3, 0.4) is 0 Å². The van der Waals surface area contributed by atoms with E-state index in [1.54, 1.807) is 6.07 Å². The SMILES string of the molecule is O=C(Nc1ccc2nc(-c3ccc(NC(=O)C4CC4c4ccccc4)cc3)[nH]c2c1)c1cccs1. The number of aromatic amines is 1. The number of benzene rings is 3. The Morgan fingerprint density at radius 1 is 0.886 bits per heavy atom. The van der Waals surface area contributed by atoms with E-state index < -0.39 is 0 Å². The van der Waals surface area contributed by atoms with Crippen LogP contribution in [0.1, 0.15) is 27.6 Å². The Labute approximate surface area is 206 Å². The van der Waals surface area contributed by atoms with E-state index in [0.717, 1.165) is 34.5 Å². The molecule has 0 aliphatic heterocycles. The second kappa shape index (κ2) is 8.85. The highest BCUT2D eigenvalue weighted by atomic mass is 32.1. The Hall–Kier alpha value is -4.23. The van der Waals surface area contributed by atoms with Gasteiger partial charge < -0.3 is 15.6 Å². The molecular formula is C28H22N4O2S. The minimum Gasteiger partial charge on any atom is -0.338 e. The van der Waals surface area contributed by atoms with E-state index in [9.17, 15) is 9.59 Å². The quantitative estimate of drug-likeness (QED) is 0.268. The van der Waals surface area contributed by atoms with E-state index in [0.29, 0.717) is 16.5 Å². The molecule has 0 saturated heterocycles. The summed E-state index contributed by atoms with van der Waals surface area (Å²) in [6, 6.07) is 27.1. The number of imidazole rings is 1. The first kappa shape index (κ1) is 21.3. The van der Waals surface area contributed by atoms with Gasteiger partial charge in [0.1, 0.15) is 5.82 Å². The van der Waals surface area contributed by atoms with Gasteiger partial charge in [-0.05, 0) is 71.8 Å². The zero-order valence-electron chi connectivity index (χ0n) is 18.7. The smallest absolute Gasteiger partial charge is 0.265 e. The largest absolute Gasteiger partial charge is 0.338 e. The van der Waals surface area contributed by atoms with Gasteiger partial charge in [0, 0.05) is 22.9 Å². The molecule has 2 aromatic heterocycles. The van der Waals surface area contributed by atoms with E-state index in [-0.39, 0.29) is 17.7 Å². The number of H-pyrrole nitrogens is 1. The molecule has 0 radical (unpaired) electrons. The van der Waals surface area contributed by atoms with Gasteiger partial charge in [-0.2, -0.15) is 0 Å². The molecule has 1 aliphatic carbocycles. The zero-order valence-corrected chi connectivity index (χ0v) is 19.5. The van der Waals surface area contributed by atoms with Crippen LogP contribution in [0.4, 0.5) is 11.4 Å². The molecule has 6 rings (SSSR count). The number of fused-ring (bicyclic) bond motifs is 1. The van der Waals surface area contributed by atoms with Gasteiger partial charge in [0.05, 0.1) is 15.9 Å². The monoisotopic (exact) mass is 478 g/mol. The van der Waals surface area contributed by atoms with E-state index in [4.69, 9.17) is 0 Å². The Morgan fingerprint density at radius 3 is 2.46 bits per heavy atom. The predicted octanol–water partition coefficient (Wildman–Crippen LogP) is 6.29. The van der Waals surface area contributed by atoms with Crippen molar-refractivity contribution >= 4 is 45.6 Å². The number of carbonyl (C=O) groups excluding carboxylic acids is 2. The minimum absolute atomic E-state index is 0.0296. The molecular weight excluding hydrogens is 456 g/mol. The first-order valence-corrected chi connectivity index (χ1v) is 12.3. The molecule has 0 bridgehead atoms. The third-order valence-corrected chi connectivity index (χ3v) is 7.13. The summed E-state index contributed by atoms with van der Waals surface area (Å²) in [5.41, 5.74) is 5.26. The van der Waals surface area contributed by atoms with Crippen molar-refractivity contribution in [1.82, 2.24) is 9.97 Å². The van der Waals surface area contributed by atoms with E-state index in [1.807, 2.05) is 72.1 Å². The van der Waals surface area contributed by atoms with Gasteiger partial charge in [-0.1, -0.05) is 36.4 Å². The van der Waals surface area contributed by atoms with Crippen molar-refractivity contribution in [2.75, 3.05) is 10.6 Å². The van der Waals surface area contributed by atoms with Gasteiger partial charge >= 0.3 is 0 Å². The predicted molar refractivity (Wildman–Crippen MR) is 140 cm³/mol. The fourth-order valence-corrected chi connectivity index (χ4v) is 4.94. The standard InChI is InChI=1S/C28H22N4O2S/c33-27(22-16-21(22)17-5-2-1-3-6-17)29-19-10-8-18(9-11-19)26-31-23-13-12-20(15-24(23)32-26)30-28(34)25-7-4-14-35-25/h1-15,21-22H,16H2,(H,29,33)(H,30,34)(H,31,32). The molecule has 2 unspecified atom stereocenters. The van der Waals surface area contributed by atoms with Crippen LogP contribution in [0.15, 0.2) is 90.3 Å².